The molecule has 0 saturated heterocycles. The molecule has 0 aromatic heterocycles. The van der Waals surface area contributed by atoms with Crippen molar-refractivity contribution in [1.82, 2.24) is 0 Å². The van der Waals surface area contributed by atoms with Gasteiger partial charge in [-0.1, -0.05) is 424 Å². The molecule has 0 bridgehead atoms. The van der Waals surface area contributed by atoms with E-state index in [1.165, 1.54) is 424 Å². The van der Waals surface area contributed by atoms with Crippen LogP contribution in [0.5, 0.6) is 0 Å². The molecule has 2 heteroatoms. The van der Waals surface area contributed by atoms with Gasteiger partial charge in [-0.15, -0.1) is 0 Å². The van der Waals surface area contributed by atoms with Crippen LogP contribution in [0.4, 0.5) is 0 Å². The van der Waals surface area contributed by atoms with Gasteiger partial charge >= 0.3 is 0 Å². The van der Waals surface area contributed by atoms with E-state index in [9.17, 15) is 0 Å². The minimum absolute atomic E-state index is 0.374. The van der Waals surface area contributed by atoms with Gasteiger partial charge in [-0.2, -0.15) is 0 Å². The van der Waals surface area contributed by atoms with E-state index >= 15 is 0 Å². The highest BCUT2D eigenvalue weighted by atomic mass is 16.3. The van der Waals surface area contributed by atoms with Crippen LogP contribution >= 0.6 is 0 Å². The van der Waals surface area contributed by atoms with Crippen molar-refractivity contribution in [2.24, 2.45) is 0 Å². The Labute approximate surface area is 458 Å². The lowest BCUT2D eigenvalue weighted by molar-refractivity contribution is 0.282. The number of rotatable bonds is 69. The minimum atomic E-state index is 0.374. The molecule has 0 heterocycles. The molecule has 0 fully saturated rings. The SMILES string of the molecule is OCCCCCCCCCCCCCCCCCCCCCCCCCCCCCCCCCCCCCCCCCCCCCCCCCCCCCCCCCCCCCCCCCCCCCCO. The summed E-state index contributed by atoms with van der Waals surface area (Å²) in [6.45, 7) is 0.748. The normalized spacial score (nSPS) is 11.8. The molecule has 0 saturated carbocycles. The smallest absolute Gasteiger partial charge is 0.0431 e. The fourth-order valence-electron chi connectivity index (χ4n) is 11.9. The van der Waals surface area contributed by atoms with Crippen LogP contribution in [0.1, 0.15) is 437 Å². The van der Waals surface area contributed by atoms with Crippen LogP contribution in [-0.4, -0.2) is 23.4 Å². The maximum Gasteiger partial charge on any atom is 0.0431 e. The lowest BCUT2D eigenvalue weighted by Gasteiger charge is -2.05. The molecule has 0 unspecified atom stereocenters. The zero-order valence-corrected chi connectivity index (χ0v) is 50.4. The van der Waals surface area contributed by atoms with E-state index in [1.807, 2.05) is 0 Å². The molecule has 0 aromatic carbocycles. The average Bonchev–Trinajstić information content (AvgIpc) is 3.39. The third-order valence-electron chi connectivity index (χ3n) is 17.1. The highest BCUT2D eigenvalue weighted by Crippen LogP contribution is 2.20. The van der Waals surface area contributed by atoms with Crippen LogP contribution in [0.2, 0.25) is 0 Å². The van der Waals surface area contributed by atoms with E-state index in [0.29, 0.717) is 13.2 Å². The predicted molar refractivity (Wildman–Crippen MR) is 328 cm³/mol. The van der Waals surface area contributed by atoms with Gasteiger partial charge in [-0.25, -0.2) is 0 Å². The van der Waals surface area contributed by atoms with Crippen molar-refractivity contribution in [3.05, 3.63) is 0 Å². The maximum atomic E-state index is 8.84. The molecular formula is C70H142O2. The van der Waals surface area contributed by atoms with Gasteiger partial charge in [-0.3, -0.25) is 0 Å². The van der Waals surface area contributed by atoms with Gasteiger partial charge in [0, 0.05) is 13.2 Å². The van der Waals surface area contributed by atoms with Crippen molar-refractivity contribution in [2.45, 2.75) is 437 Å². The third-order valence-corrected chi connectivity index (χ3v) is 17.1. The summed E-state index contributed by atoms with van der Waals surface area (Å²) in [5.74, 6) is 0. The molecule has 0 atom stereocenters. The van der Waals surface area contributed by atoms with E-state index < -0.39 is 0 Å². The van der Waals surface area contributed by atoms with E-state index in [0.717, 1.165) is 12.8 Å². The van der Waals surface area contributed by atoms with Crippen molar-refractivity contribution in [2.75, 3.05) is 13.2 Å². The number of aliphatic hydroxyl groups is 2. The zero-order chi connectivity index (χ0) is 51.5. The van der Waals surface area contributed by atoms with Gasteiger partial charge in [0.05, 0.1) is 0 Å². The second kappa shape index (κ2) is 70.9. The standard InChI is InChI=1S/C70H142O2/c71-69-67-65-63-61-59-57-55-53-51-49-47-45-43-41-39-37-35-33-31-29-27-25-23-21-19-17-15-13-11-9-7-5-3-1-2-4-6-8-10-12-14-16-18-20-22-24-26-28-30-32-34-36-38-40-42-44-46-48-50-52-54-56-58-60-62-64-66-68-70-72/h71-72H,1-70H2. The zero-order valence-electron chi connectivity index (χ0n) is 50.4. The Balaban J connectivity index is 3.07. The lowest BCUT2D eigenvalue weighted by atomic mass is 10.0. The van der Waals surface area contributed by atoms with Crippen LogP contribution in [-0.2, 0) is 0 Å². The number of hydrogen-bond donors (Lipinski definition) is 2. The summed E-state index contributed by atoms with van der Waals surface area (Å²) in [6, 6.07) is 0. The molecule has 0 aromatic rings. The highest BCUT2D eigenvalue weighted by molar-refractivity contribution is 4.56. The molecule has 0 aliphatic carbocycles. The molecule has 72 heavy (non-hydrogen) atoms. The van der Waals surface area contributed by atoms with Gasteiger partial charge in [0.1, 0.15) is 0 Å². The molecule has 0 rings (SSSR count). The fourth-order valence-corrected chi connectivity index (χ4v) is 11.9. The highest BCUT2D eigenvalue weighted by Gasteiger charge is 2.01. The Bertz CT molecular complexity index is 801. The Kier molecular flexibility index (Phi) is 70.8. The van der Waals surface area contributed by atoms with Crippen LogP contribution < -0.4 is 0 Å². The lowest BCUT2D eigenvalue weighted by Crippen LogP contribution is -1.85. The molecular weight excluding hydrogens is 873 g/mol. The van der Waals surface area contributed by atoms with Crippen molar-refractivity contribution in [1.29, 1.82) is 0 Å². The van der Waals surface area contributed by atoms with E-state index in [-0.39, 0.29) is 0 Å². The quantitative estimate of drug-likeness (QED) is 0.0596. The topological polar surface area (TPSA) is 40.5 Å². The minimum Gasteiger partial charge on any atom is -0.396 e. The molecule has 0 aliphatic rings. The second-order valence-electron chi connectivity index (χ2n) is 24.5. The fraction of sp³-hybridized carbons (Fsp3) is 1.00. The van der Waals surface area contributed by atoms with Crippen LogP contribution in [0.25, 0.3) is 0 Å². The summed E-state index contributed by atoms with van der Waals surface area (Å²) >= 11 is 0. The Hall–Kier alpha value is -0.0800. The summed E-state index contributed by atoms with van der Waals surface area (Å²) in [6.07, 6.45) is 98.6. The molecule has 0 aliphatic heterocycles. The summed E-state index contributed by atoms with van der Waals surface area (Å²) < 4.78 is 0. The number of hydrogen-bond acceptors (Lipinski definition) is 2. The number of aliphatic hydroxyl groups excluding tert-OH is 2. The van der Waals surface area contributed by atoms with Crippen LogP contribution in [0, 0.1) is 0 Å². The van der Waals surface area contributed by atoms with Gasteiger partial charge < -0.3 is 10.2 Å². The van der Waals surface area contributed by atoms with Gasteiger partial charge in [-0.05, 0) is 12.8 Å². The third kappa shape index (κ3) is 69.9. The van der Waals surface area contributed by atoms with Crippen molar-refractivity contribution in [3.63, 3.8) is 0 Å². The Morgan fingerprint density at radius 3 is 0.153 bits per heavy atom. The maximum absolute atomic E-state index is 8.84. The van der Waals surface area contributed by atoms with Crippen molar-refractivity contribution in [3.8, 4) is 0 Å². The Morgan fingerprint density at radius 2 is 0.111 bits per heavy atom. The Morgan fingerprint density at radius 1 is 0.0694 bits per heavy atom. The van der Waals surface area contributed by atoms with Crippen molar-refractivity contribution >= 4 is 0 Å². The number of unbranched alkanes of at least 4 members (excludes halogenated alkanes) is 67. The van der Waals surface area contributed by atoms with Gasteiger partial charge in [0.2, 0.25) is 0 Å². The molecule has 434 valence electrons. The molecule has 0 radical (unpaired) electrons. The van der Waals surface area contributed by atoms with Gasteiger partial charge in [0.25, 0.3) is 0 Å². The first-order valence-electron chi connectivity index (χ1n) is 35.1. The summed E-state index contributed by atoms with van der Waals surface area (Å²) in [5.41, 5.74) is 0. The summed E-state index contributed by atoms with van der Waals surface area (Å²) in [5, 5.41) is 17.7. The molecule has 0 amide bonds. The van der Waals surface area contributed by atoms with E-state index in [2.05, 4.69) is 0 Å². The van der Waals surface area contributed by atoms with Crippen molar-refractivity contribution < 1.29 is 10.2 Å². The molecule has 0 spiro atoms. The summed E-state index contributed by atoms with van der Waals surface area (Å²) in [7, 11) is 0. The van der Waals surface area contributed by atoms with Crippen LogP contribution in [0.15, 0.2) is 0 Å². The molecule has 2 N–H and O–H groups in total. The average molecular weight is 1020 g/mol. The van der Waals surface area contributed by atoms with Gasteiger partial charge in [0.15, 0.2) is 0 Å². The first-order valence-corrected chi connectivity index (χ1v) is 35.1. The first kappa shape index (κ1) is 71.9. The monoisotopic (exact) mass is 1020 g/mol. The van der Waals surface area contributed by atoms with E-state index in [4.69, 9.17) is 10.2 Å². The largest absolute Gasteiger partial charge is 0.396 e. The van der Waals surface area contributed by atoms with Crippen LogP contribution in [0.3, 0.4) is 0 Å². The molecule has 2 nitrogen and oxygen atoms in total. The second-order valence-corrected chi connectivity index (χ2v) is 24.5. The summed E-state index contributed by atoms with van der Waals surface area (Å²) in [4.78, 5) is 0. The first-order chi connectivity index (χ1) is 35.9. The van der Waals surface area contributed by atoms with E-state index in [1.54, 1.807) is 0 Å². The predicted octanol–water partition coefficient (Wildman–Crippen LogP) is 25.5.